The van der Waals surface area contributed by atoms with Crippen LogP contribution in [-0.4, -0.2) is 18.0 Å². The van der Waals surface area contributed by atoms with Gasteiger partial charge in [-0.15, -0.1) is 0 Å². The van der Waals surface area contributed by atoms with Crippen LogP contribution in [0.1, 0.15) is 47.5 Å². The number of nitrogens with two attached hydrogens (primary N) is 1. The number of carbonyl (C=O) groups excluding carboxylic acids is 1. The van der Waals surface area contributed by atoms with Gasteiger partial charge in [-0.05, 0) is 25.2 Å². The Labute approximate surface area is 93.8 Å². The zero-order valence-electron chi connectivity index (χ0n) is 10.8. The highest BCUT2D eigenvalue weighted by atomic mass is 16.1. The summed E-state index contributed by atoms with van der Waals surface area (Å²) in [5.41, 5.74) is 5.43. The average molecular weight is 214 g/mol. The minimum absolute atomic E-state index is 0.116. The van der Waals surface area contributed by atoms with E-state index < -0.39 is 0 Å². The molecule has 0 aliphatic heterocycles. The molecule has 0 spiro atoms. The third kappa shape index (κ3) is 5.17. The summed E-state index contributed by atoms with van der Waals surface area (Å²) in [6, 6.07) is 0. The molecule has 0 aromatic heterocycles. The summed E-state index contributed by atoms with van der Waals surface area (Å²) >= 11 is 0. The Morgan fingerprint density at radius 3 is 2.20 bits per heavy atom. The number of carbonyl (C=O) groups is 1. The van der Waals surface area contributed by atoms with Gasteiger partial charge in [-0.1, -0.05) is 27.7 Å². The van der Waals surface area contributed by atoms with Gasteiger partial charge in [-0.3, -0.25) is 4.79 Å². The van der Waals surface area contributed by atoms with Gasteiger partial charge in [0.05, 0.1) is 5.54 Å². The fourth-order valence-corrected chi connectivity index (χ4v) is 1.23. The van der Waals surface area contributed by atoms with Gasteiger partial charge in [0.2, 0.25) is 5.91 Å². The smallest absolute Gasteiger partial charge is 0.220 e. The maximum atomic E-state index is 11.7. The van der Waals surface area contributed by atoms with Crippen LogP contribution in [0.4, 0.5) is 0 Å². The maximum absolute atomic E-state index is 11.7. The largest absolute Gasteiger partial charge is 0.349 e. The molecule has 0 aliphatic rings. The lowest BCUT2D eigenvalue weighted by atomic mass is 9.88. The van der Waals surface area contributed by atoms with E-state index in [0.717, 1.165) is 6.42 Å². The molecule has 1 atom stereocenters. The normalized spacial score (nSPS) is 15.5. The van der Waals surface area contributed by atoms with Crippen molar-refractivity contribution in [3.63, 3.8) is 0 Å². The van der Waals surface area contributed by atoms with Crippen LogP contribution >= 0.6 is 0 Å². The zero-order valence-corrected chi connectivity index (χ0v) is 10.8. The fraction of sp³-hybridized carbons (Fsp3) is 0.917. The summed E-state index contributed by atoms with van der Waals surface area (Å²) in [4.78, 5) is 11.7. The Balaban J connectivity index is 4.13. The Morgan fingerprint density at radius 1 is 1.33 bits per heavy atom. The highest BCUT2D eigenvalue weighted by Gasteiger charge is 2.28. The second-order valence-corrected chi connectivity index (χ2v) is 5.26. The van der Waals surface area contributed by atoms with Crippen LogP contribution < -0.4 is 11.1 Å². The van der Waals surface area contributed by atoms with E-state index in [2.05, 4.69) is 33.0 Å². The topological polar surface area (TPSA) is 55.1 Å². The van der Waals surface area contributed by atoms with Crippen molar-refractivity contribution in [2.24, 2.45) is 17.6 Å². The third-order valence-corrected chi connectivity index (χ3v) is 3.07. The first-order valence-corrected chi connectivity index (χ1v) is 5.83. The summed E-state index contributed by atoms with van der Waals surface area (Å²) in [5, 5.41) is 3.03. The summed E-state index contributed by atoms with van der Waals surface area (Å²) < 4.78 is 0. The second kappa shape index (κ2) is 6.11. The first-order chi connectivity index (χ1) is 6.81. The molecule has 0 fully saturated rings. The van der Waals surface area contributed by atoms with Crippen LogP contribution in [-0.2, 0) is 4.79 Å². The molecule has 0 radical (unpaired) electrons. The Hall–Kier alpha value is -0.570. The monoisotopic (exact) mass is 214 g/mol. The molecule has 3 heteroatoms. The number of hydrogen-bond donors (Lipinski definition) is 2. The first kappa shape index (κ1) is 14.4. The molecule has 0 aromatic rings. The van der Waals surface area contributed by atoms with Crippen molar-refractivity contribution >= 4 is 5.91 Å². The minimum atomic E-state index is -0.270. The van der Waals surface area contributed by atoms with E-state index in [-0.39, 0.29) is 11.4 Å². The Morgan fingerprint density at radius 2 is 1.87 bits per heavy atom. The predicted molar refractivity (Wildman–Crippen MR) is 64.5 cm³/mol. The van der Waals surface area contributed by atoms with Gasteiger partial charge < -0.3 is 11.1 Å². The van der Waals surface area contributed by atoms with E-state index in [1.165, 1.54) is 0 Å². The van der Waals surface area contributed by atoms with Crippen molar-refractivity contribution in [1.29, 1.82) is 0 Å². The number of hydrogen-bond acceptors (Lipinski definition) is 2. The van der Waals surface area contributed by atoms with E-state index in [0.29, 0.717) is 24.8 Å². The second-order valence-electron chi connectivity index (χ2n) is 5.26. The van der Waals surface area contributed by atoms with Crippen molar-refractivity contribution < 1.29 is 4.79 Å². The number of amides is 1. The molecule has 15 heavy (non-hydrogen) atoms. The molecule has 0 saturated carbocycles. The molecular weight excluding hydrogens is 188 g/mol. The Kier molecular flexibility index (Phi) is 5.88. The molecule has 0 bridgehead atoms. The van der Waals surface area contributed by atoms with E-state index in [1.54, 1.807) is 0 Å². The van der Waals surface area contributed by atoms with Gasteiger partial charge in [-0.2, -0.15) is 0 Å². The van der Waals surface area contributed by atoms with Gasteiger partial charge in [0.15, 0.2) is 0 Å². The van der Waals surface area contributed by atoms with Gasteiger partial charge in [0, 0.05) is 13.0 Å². The van der Waals surface area contributed by atoms with Gasteiger partial charge in [0.1, 0.15) is 0 Å². The van der Waals surface area contributed by atoms with Crippen LogP contribution in [0.15, 0.2) is 0 Å². The van der Waals surface area contributed by atoms with Crippen LogP contribution in [0.3, 0.4) is 0 Å². The lowest BCUT2D eigenvalue weighted by Gasteiger charge is -2.33. The maximum Gasteiger partial charge on any atom is 0.220 e. The lowest BCUT2D eigenvalue weighted by molar-refractivity contribution is -0.123. The van der Waals surface area contributed by atoms with Crippen molar-refractivity contribution in [3.8, 4) is 0 Å². The summed E-state index contributed by atoms with van der Waals surface area (Å²) in [7, 11) is 0. The standard InChI is InChI=1S/C12H26N2O/c1-9(2)6-7-11(15)14-12(5,8-13)10(3)4/h9-10H,6-8,13H2,1-5H3,(H,14,15). The molecule has 90 valence electrons. The number of rotatable bonds is 6. The molecule has 3 N–H and O–H groups in total. The van der Waals surface area contributed by atoms with Crippen LogP contribution in [0, 0.1) is 11.8 Å². The van der Waals surface area contributed by atoms with E-state index in [4.69, 9.17) is 5.73 Å². The molecule has 0 rings (SSSR count). The van der Waals surface area contributed by atoms with Gasteiger partial charge >= 0.3 is 0 Å². The predicted octanol–water partition coefficient (Wildman–Crippen LogP) is 1.91. The molecule has 0 aromatic carbocycles. The van der Waals surface area contributed by atoms with Crippen molar-refractivity contribution in [3.05, 3.63) is 0 Å². The summed E-state index contributed by atoms with van der Waals surface area (Å²) in [6.07, 6.45) is 1.53. The average Bonchev–Trinajstić information content (AvgIpc) is 2.14. The molecule has 3 nitrogen and oxygen atoms in total. The first-order valence-electron chi connectivity index (χ1n) is 5.83. The van der Waals surface area contributed by atoms with Crippen LogP contribution in [0.25, 0.3) is 0 Å². The van der Waals surface area contributed by atoms with Crippen molar-refractivity contribution in [1.82, 2.24) is 5.32 Å². The molecule has 0 aliphatic carbocycles. The molecule has 0 saturated heterocycles. The van der Waals surface area contributed by atoms with Crippen LogP contribution in [0.2, 0.25) is 0 Å². The van der Waals surface area contributed by atoms with Gasteiger partial charge in [-0.25, -0.2) is 0 Å². The summed E-state index contributed by atoms with van der Waals surface area (Å²) in [5.74, 6) is 1.04. The van der Waals surface area contributed by atoms with E-state index >= 15 is 0 Å². The lowest BCUT2D eigenvalue weighted by Crippen LogP contribution is -2.55. The quantitative estimate of drug-likeness (QED) is 0.709. The number of nitrogens with one attached hydrogen (secondary N) is 1. The molecule has 1 amide bonds. The third-order valence-electron chi connectivity index (χ3n) is 3.07. The zero-order chi connectivity index (χ0) is 12.1. The van der Waals surface area contributed by atoms with E-state index in [9.17, 15) is 4.79 Å². The fourth-order valence-electron chi connectivity index (χ4n) is 1.23. The molecular formula is C12H26N2O. The van der Waals surface area contributed by atoms with Crippen molar-refractivity contribution in [2.75, 3.05) is 6.54 Å². The van der Waals surface area contributed by atoms with E-state index in [1.807, 2.05) is 6.92 Å². The summed E-state index contributed by atoms with van der Waals surface area (Å²) in [6.45, 7) is 10.9. The van der Waals surface area contributed by atoms with Crippen LogP contribution in [0.5, 0.6) is 0 Å². The Bertz CT molecular complexity index is 202. The highest BCUT2D eigenvalue weighted by Crippen LogP contribution is 2.15. The SMILES string of the molecule is CC(C)CCC(=O)NC(C)(CN)C(C)C. The van der Waals surface area contributed by atoms with Crippen molar-refractivity contribution in [2.45, 2.75) is 53.0 Å². The molecule has 1 unspecified atom stereocenters. The molecule has 0 heterocycles. The van der Waals surface area contributed by atoms with Gasteiger partial charge in [0.25, 0.3) is 0 Å². The highest BCUT2D eigenvalue weighted by molar-refractivity contribution is 5.76. The minimum Gasteiger partial charge on any atom is -0.349 e.